The topological polar surface area (TPSA) is 76.0 Å². The molecule has 0 bridgehead atoms. The predicted molar refractivity (Wildman–Crippen MR) is 69.9 cm³/mol. The van der Waals surface area contributed by atoms with Crippen LogP contribution < -0.4 is 0 Å². The lowest BCUT2D eigenvalue weighted by Gasteiger charge is -2.17. The van der Waals surface area contributed by atoms with Gasteiger partial charge in [-0.3, -0.25) is 4.79 Å². The molecule has 0 aromatic carbocycles. The van der Waals surface area contributed by atoms with Crippen LogP contribution in [0.3, 0.4) is 0 Å². The molecule has 0 saturated heterocycles. The number of nitrogens with zero attached hydrogens (tertiary/aromatic N) is 1. The van der Waals surface area contributed by atoms with Crippen molar-refractivity contribution >= 4 is 18.3 Å². The van der Waals surface area contributed by atoms with Crippen LogP contribution in [0.25, 0.3) is 0 Å². The number of aliphatic carboxylic acids is 1. The first-order chi connectivity index (χ1) is 8.10. The van der Waals surface area contributed by atoms with Crippen LogP contribution in [0.2, 0.25) is 0 Å². The standard InChI is InChI=1S/C13H23NO4/c1-9(2)6-10(7-11(15)16)8-14-12(17)18-13(3,4)5/h8-10H,6-7H2,1-5H3,(H,15,16)/b14-8+. The Hall–Kier alpha value is -1.39. The zero-order valence-electron chi connectivity index (χ0n) is 11.8. The average Bonchev–Trinajstić information content (AvgIpc) is 2.09. The fourth-order valence-electron chi connectivity index (χ4n) is 1.48. The number of rotatable bonds is 5. The quantitative estimate of drug-likeness (QED) is 0.768. The van der Waals surface area contributed by atoms with Gasteiger partial charge >= 0.3 is 12.1 Å². The van der Waals surface area contributed by atoms with Crippen molar-refractivity contribution in [2.45, 2.75) is 53.1 Å². The van der Waals surface area contributed by atoms with Gasteiger partial charge in [0.15, 0.2) is 0 Å². The fraction of sp³-hybridized carbons (Fsp3) is 0.769. The fourth-order valence-corrected chi connectivity index (χ4v) is 1.48. The highest BCUT2D eigenvalue weighted by Crippen LogP contribution is 2.14. The molecule has 1 N–H and O–H groups in total. The maximum Gasteiger partial charge on any atom is 0.433 e. The van der Waals surface area contributed by atoms with Gasteiger partial charge in [-0.15, -0.1) is 0 Å². The Kier molecular flexibility index (Phi) is 6.58. The van der Waals surface area contributed by atoms with E-state index in [0.29, 0.717) is 12.3 Å². The lowest BCUT2D eigenvalue weighted by Crippen LogP contribution is -2.22. The molecule has 5 heteroatoms. The SMILES string of the molecule is CC(C)CC(/C=N/C(=O)OC(C)(C)C)CC(=O)O. The summed E-state index contributed by atoms with van der Waals surface area (Å²) in [6.07, 6.45) is 1.37. The summed E-state index contributed by atoms with van der Waals surface area (Å²) >= 11 is 0. The lowest BCUT2D eigenvalue weighted by atomic mass is 9.95. The second-order valence-corrected chi connectivity index (χ2v) is 5.75. The molecule has 0 aromatic heterocycles. The van der Waals surface area contributed by atoms with Crippen LogP contribution in [0.1, 0.15) is 47.5 Å². The summed E-state index contributed by atoms with van der Waals surface area (Å²) < 4.78 is 5.01. The molecule has 1 unspecified atom stereocenters. The number of carbonyl (C=O) groups excluding carboxylic acids is 1. The highest BCUT2D eigenvalue weighted by Gasteiger charge is 2.17. The minimum absolute atomic E-state index is 0.0233. The molecule has 1 atom stereocenters. The Balaban J connectivity index is 4.46. The number of carboxylic acid groups (broad SMARTS) is 1. The molecule has 104 valence electrons. The average molecular weight is 257 g/mol. The van der Waals surface area contributed by atoms with Gasteiger partial charge in [-0.2, -0.15) is 4.99 Å². The maximum atomic E-state index is 11.4. The van der Waals surface area contributed by atoms with Crippen molar-refractivity contribution in [2.75, 3.05) is 0 Å². The molecule has 0 aliphatic carbocycles. The molecule has 1 amide bonds. The van der Waals surface area contributed by atoms with Gasteiger partial charge in [0.25, 0.3) is 0 Å². The third-order valence-corrected chi connectivity index (χ3v) is 2.00. The summed E-state index contributed by atoms with van der Waals surface area (Å²) in [5.74, 6) is -0.786. The van der Waals surface area contributed by atoms with Crippen LogP contribution in [0.15, 0.2) is 4.99 Å². The summed E-state index contributed by atoms with van der Waals surface area (Å²) in [5, 5.41) is 8.77. The van der Waals surface area contributed by atoms with Crippen LogP contribution in [-0.4, -0.2) is 29.0 Å². The number of amides is 1. The molecule has 0 spiro atoms. The molecule has 5 nitrogen and oxygen atoms in total. The zero-order valence-corrected chi connectivity index (χ0v) is 11.8. The Bertz CT molecular complexity index is 315. The first-order valence-electron chi connectivity index (χ1n) is 6.09. The van der Waals surface area contributed by atoms with Crippen molar-refractivity contribution in [2.24, 2.45) is 16.8 Å². The van der Waals surface area contributed by atoms with Crippen molar-refractivity contribution < 1.29 is 19.4 Å². The second kappa shape index (κ2) is 7.13. The zero-order chi connectivity index (χ0) is 14.3. The van der Waals surface area contributed by atoms with Gasteiger partial charge in [-0.25, -0.2) is 4.79 Å². The number of hydrogen-bond donors (Lipinski definition) is 1. The molecule has 0 rings (SSSR count). The van der Waals surface area contributed by atoms with Gasteiger partial charge in [0.1, 0.15) is 5.60 Å². The summed E-state index contributed by atoms with van der Waals surface area (Å²) in [5.41, 5.74) is -0.589. The largest absolute Gasteiger partial charge is 0.481 e. The number of ether oxygens (including phenoxy) is 1. The number of hydrogen-bond acceptors (Lipinski definition) is 3. The van der Waals surface area contributed by atoms with Gasteiger partial charge in [0, 0.05) is 12.1 Å². The molecule has 0 aromatic rings. The second-order valence-electron chi connectivity index (χ2n) is 5.75. The monoisotopic (exact) mass is 257 g/mol. The Morgan fingerprint density at radius 3 is 2.28 bits per heavy atom. The Morgan fingerprint density at radius 1 is 1.33 bits per heavy atom. The van der Waals surface area contributed by atoms with E-state index < -0.39 is 17.7 Å². The number of carbonyl (C=O) groups is 2. The van der Waals surface area contributed by atoms with E-state index >= 15 is 0 Å². The minimum atomic E-state index is -0.892. The molecular weight excluding hydrogens is 234 g/mol. The summed E-state index contributed by atoms with van der Waals surface area (Å²) in [7, 11) is 0. The van der Waals surface area contributed by atoms with Crippen LogP contribution >= 0.6 is 0 Å². The van der Waals surface area contributed by atoms with Crippen LogP contribution in [0.4, 0.5) is 4.79 Å². The molecule has 18 heavy (non-hydrogen) atoms. The highest BCUT2D eigenvalue weighted by molar-refractivity contribution is 5.82. The van der Waals surface area contributed by atoms with Crippen molar-refractivity contribution in [3.63, 3.8) is 0 Å². The predicted octanol–water partition coefficient (Wildman–Crippen LogP) is 3.13. The van der Waals surface area contributed by atoms with Gasteiger partial charge in [0.2, 0.25) is 0 Å². The highest BCUT2D eigenvalue weighted by atomic mass is 16.6. The molecule has 0 aliphatic heterocycles. The lowest BCUT2D eigenvalue weighted by molar-refractivity contribution is -0.137. The Labute approximate surface area is 108 Å². The summed E-state index contributed by atoms with van der Waals surface area (Å²) in [4.78, 5) is 25.7. The first-order valence-corrected chi connectivity index (χ1v) is 6.09. The van der Waals surface area contributed by atoms with Gasteiger partial charge in [-0.05, 0) is 33.1 Å². The third kappa shape index (κ3) is 9.81. The van der Waals surface area contributed by atoms with E-state index in [4.69, 9.17) is 9.84 Å². The van der Waals surface area contributed by atoms with Gasteiger partial charge in [-0.1, -0.05) is 13.8 Å². The maximum absolute atomic E-state index is 11.4. The molecule has 0 radical (unpaired) electrons. The third-order valence-electron chi connectivity index (χ3n) is 2.00. The van der Waals surface area contributed by atoms with E-state index in [1.807, 2.05) is 13.8 Å². The molecule has 0 heterocycles. The number of aliphatic imine (C=N–C) groups is 1. The molecule has 0 fully saturated rings. The van der Waals surface area contributed by atoms with Gasteiger partial charge in [0.05, 0.1) is 6.42 Å². The van der Waals surface area contributed by atoms with E-state index in [-0.39, 0.29) is 12.3 Å². The summed E-state index contributed by atoms with van der Waals surface area (Å²) in [6, 6.07) is 0. The van der Waals surface area contributed by atoms with E-state index in [0.717, 1.165) is 0 Å². The normalized spacial score (nSPS) is 13.9. The van der Waals surface area contributed by atoms with E-state index in [2.05, 4.69) is 4.99 Å². The van der Waals surface area contributed by atoms with E-state index in [1.54, 1.807) is 20.8 Å². The molecule has 0 saturated carbocycles. The summed E-state index contributed by atoms with van der Waals surface area (Å²) in [6.45, 7) is 9.25. The smallest absolute Gasteiger partial charge is 0.433 e. The van der Waals surface area contributed by atoms with Crippen molar-refractivity contribution in [3.05, 3.63) is 0 Å². The van der Waals surface area contributed by atoms with Gasteiger partial charge < -0.3 is 9.84 Å². The molecular formula is C13H23NO4. The van der Waals surface area contributed by atoms with E-state index in [1.165, 1.54) is 6.21 Å². The van der Waals surface area contributed by atoms with Crippen molar-refractivity contribution in [1.82, 2.24) is 0 Å². The first kappa shape index (κ1) is 16.6. The van der Waals surface area contributed by atoms with Crippen molar-refractivity contribution in [1.29, 1.82) is 0 Å². The van der Waals surface area contributed by atoms with Crippen LogP contribution in [0, 0.1) is 11.8 Å². The van der Waals surface area contributed by atoms with Crippen molar-refractivity contribution in [3.8, 4) is 0 Å². The molecule has 0 aliphatic rings. The Morgan fingerprint density at radius 2 is 1.89 bits per heavy atom. The van der Waals surface area contributed by atoms with E-state index in [9.17, 15) is 9.59 Å². The minimum Gasteiger partial charge on any atom is -0.481 e. The van der Waals surface area contributed by atoms with Crippen LogP contribution in [-0.2, 0) is 9.53 Å². The number of carboxylic acids is 1. The van der Waals surface area contributed by atoms with Crippen LogP contribution in [0.5, 0.6) is 0 Å².